The molecule has 0 radical (unpaired) electrons. The molecule has 3 heterocycles. The number of aryl methyl sites for hydroxylation is 1. The van der Waals surface area contributed by atoms with Crippen LogP contribution in [0.3, 0.4) is 0 Å². The SMILES string of the molecule is CC(C)(O)c1cc(F)cc(C(=O)N[C@H]2CCCn3nc(-c4ccnc(C(F)(F)F)c4)cc32)c1. The molecule has 10 heteroatoms. The van der Waals surface area contributed by atoms with E-state index in [9.17, 15) is 27.5 Å². The first-order chi connectivity index (χ1) is 15.4. The molecule has 3 aromatic rings. The molecule has 0 aliphatic carbocycles. The van der Waals surface area contributed by atoms with Gasteiger partial charge in [0, 0.05) is 23.9 Å². The van der Waals surface area contributed by atoms with Crippen LogP contribution in [0.4, 0.5) is 17.6 Å². The number of nitrogens with zero attached hydrogens (tertiary/aromatic N) is 3. The van der Waals surface area contributed by atoms with Crippen molar-refractivity contribution < 1.29 is 27.5 Å². The Morgan fingerprint density at radius 3 is 2.64 bits per heavy atom. The summed E-state index contributed by atoms with van der Waals surface area (Å²) in [6, 6.07) is 7.27. The van der Waals surface area contributed by atoms with Crippen LogP contribution in [0.5, 0.6) is 0 Å². The summed E-state index contributed by atoms with van der Waals surface area (Å²) in [5.41, 5.74) is -0.748. The summed E-state index contributed by atoms with van der Waals surface area (Å²) in [4.78, 5) is 16.2. The number of aromatic nitrogens is 3. The topological polar surface area (TPSA) is 80.0 Å². The van der Waals surface area contributed by atoms with E-state index in [1.807, 2.05) is 0 Å². The van der Waals surface area contributed by atoms with Gasteiger partial charge in [0.1, 0.15) is 11.5 Å². The number of halogens is 4. The molecule has 0 unspecified atom stereocenters. The summed E-state index contributed by atoms with van der Waals surface area (Å²) in [5.74, 6) is -1.17. The highest BCUT2D eigenvalue weighted by Crippen LogP contribution is 2.33. The van der Waals surface area contributed by atoms with Crippen molar-refractivity contribution in [3.63, 3.8) is 0 Å². The average molecular weight is 462 g/mol. The van der Waals surface area contributed by atoms with E-state index in [0.29, 0.717) is 30.8 Å². The third-order valence-electron chi connectivity index (χ3n) is 5.55. The normalized spacial score (nSPS) is 16.4. The van der Waals surface area contributed by atoms with Gasteiger partial charge in [-0.05, 0) is 68.7 Å². The smallest absolute Gasteiger partial charge is 0.386 e. The molecule has 1 aliphatic heterocycles. The second-order valence-corrected chi connectivity index (χ2v) is 8.56. The average Bonchev–Trinajstić information content (AvgIpc) is 3.17. The second-order valence-electron chi connectivity index (χ2n) is 8.56. The summed E-state index contributed by atoms with van der Waals surface area (Å²) in [7, 11) is 0. The van der Waals surface area contributed by atoms with Gasteiger partial charge in [0.05, 0.1) is 23.0 Å². The third kappa shape index (κ3) is 4.90. The zero-order valence-corrected chi connectivity index (χ0v) is 17.9. The number of rotatable bonds is 4. The van der Waals surface area contributed by atoms with E-state index in [0.717, 1.165) is 18.3 Å². The van der Waals surface area contributed by atoms with Crippen molar-refractivity contribution in [2.45, 2.75) is 51.1 Å². The molecule has 0 saturated heterocycles. The molecule has 4 rings (SSSR count). The Hall–Kier alpha value is -3.27. The molecule has 2 aromatic heterocycles. The molecule has 1 amide bonds. The summed E-state index contributed by atoms with van der Waals surface area (Å²) in [5, 5.41) is 17.4. The van der Waals surface area contributed by atoms with Gasteiger partial charge in [-0.25, -0.2) is 4.39 Å². The van der Waals surface area contributed by atoms with E-state index in [1.54, 1.807) is 10.7 Å². The molecule has 6 nitrogen and oxygen atoms in total. The van der Waals surface area contributed by atoms with Crippen LogP contribution in [0.1, 0.15) is 60.0 Å². The lowest BCUT2D eigenvalue weighted by Gasteiger charge is -2.25. The Morgan fingerprint density at radius 2 is 1.94 bits per heavy atom. The maximum atomic E-state index is 14.1. The van der Waals surface area contributed by atoms with Gasteiger partial charge in [-0.1, -0.05) is 0 Å². The van der Waals surface area contributed by atoms with Crippen molar-refractivity contribution in [3.05, 3.63) is 70.9 Å². The van der Waals surface area contributed by atoms with Crippen LogP contribution < -0.4 is 5.32 Å². The first-order valence-electron chi connectivity index (χ1n) is 10.4. The number of aliphatic hydroxyl groups is 1. The molecular weight excluding hydrogens is 440 g/mol. The van der Waals surface area contributed by atoms with E-state index in [4.69, 9.17) is 0 Å². The van der Waals surface area contributed by atoms with E-state index in [2.05, 4.69) is 15.4 Å². The standard InChI is InChI=1S/C23H22F4N4O2/c1-22(2,33)15-8-14(9-16(24)11-15)21(32)29-17-4-3-7-31-19(17)12-18(30-31)13-5-6-28-20(10-13)23(25,26)27/h5-6,8-12,17,33H,3-4,7H2,1-2H3,(H,29,32)/t17-/m0/s1. The van der Waals surface area contributed by atoms with Gasteiger partial charge in [0.25, 0.3) is 5.91 Å². The lowest BCUT2D eigenvalue weighted by molar-refractivity contribution is -0.141. The fourth-order valence-corrected chi connectivity index (χ4v) is 3.83. The number of pyridine rings is 1. The van der Waals surface area contributed by atoms with Crippen molar-refractivity contribution in [2.24, 2.45) is 0 Å². The number of carbonyl (C=O) groups excluding carboxylic acids is 1. The lowest BCUT2D eigenvalue weighted by atomic mass is 9.95. The van der Waals surface area contributed by atoms with Crippen LogP contribution in [0.2, 0.25) is 0 Å². The van der Waals surface area contributed by atoms with Gasteiger partial charge in [-0.3, -0.25) is 14.5 Å². The summed E-state index contributed by atoms with van der Waals surface area (Å²) >= 11 is 0. The maximum Gasteiger partial charge on any atom is 0.433 e. The summed E-state index contributed by atoms with van der Waals surface area (Å²) in [6.07, 6.45) is -2.20. The number of fused-ring (bicyclic) bond motifs is 1. The van der Waals surface area contributed by atoms with Gasteiger partial charge < -0.3 is 10.4 Å². The fourth-order valence-electron chi connectivity index (χ4n) is 3.83. The van der Waals surface area contributed by atoms with Gasteiger partial charge in [-0.2, -0.15) is 18.3 Å². The molecule has 1 atom stereocenters. The Balaban J connectivity index is 1.61. The number of benzene rings is 1. The first kappa shape index (κ1) is 22.9. The van der Waals surface area contributed by atoms with Gasteiger partial charge in [0.15, 0.2) is 0 Å². The van der Waals surface area contributed by atoms with Crippen LogP contribution in [0, 0.1) is 5.82 Å². The monoisotopic (exact) mass is 462 g/mol. The predicted octanol–water partition coefficient (Wildman–Crippen LogP) is 4.60. The van der Waals surface area contributed by atoms with Crippen LogP contribution >= 0.6 is 0 Å². The van der Waals surface area contributed by atoms with Crippen molar-refractivity contribution in [1.29, 1.82) is 0 Å². The highest BCUT2D eigenvalue weighted by Gasteiger charge is 2.33. The van der Waals surface area contributed by atoms with E-state index in [-0.39, 0.29) is 16.7 Å². The number of nitrogens with one attached hydrogen (secondary N) is 1. The Bertz CT molecular complexity index is 1200. The number of carbonyl (C=O) groups is 1. The number of amides is 1. The molecule has 2 N–H and O–H groups in total. The third-order valence-corrected chi connectivity index (χ3v) is 5.55. The summed E-state index contributed by atoms with van der Waals surface area (Å²) < 4.78 is 54.8. The minimum absolute atomic E-state index is 0.0629. The number of alkyl halides is 3. The number of hydrogen-bond donors (Lipinski definition) is 2. The Kier molecular flexibility index (Phi) is 5.73. The fraction of sp³-hybridized carbons (Fsp3) is 0.348. The minimum Gasteiger partial charge on any atom is -0.386 e. The van der Waals surface area contributed by atoms with Crippen LogP contribution in [0.25, 0.3) is 11.3 Å². The molecule has 1 aromatic carbocycles. The van der Waals surface area contributed by atoms with Crippen LogP contribution in [-0.2, 0) is 18.3 Å². The van der Waals surface area contributed by atoms with E-state index < -0.39 is 35.2 Å². The second kappa shape index (κ2) is 8.26. The van der Waals surface area contributed by atoms with E-state index >= 15 is 0 Å². The first-order valence-corrected chi connectivity index (χ1v) is 10.4. The van der Waals surface area contributed by atoms with Crippen LogP contribution in [0.15, 0.2) is 42.6 Å². The predicted molar refractivity (Wildman–Crippen MR) is 112 cm³/mol. The largest absolute Gasteiger partial charge is 0.433 e. The minimum atomic E-state index is -4.57. The number of hydrogen-bond acceptors (Lipinski definition) is 4. The molecule has 0 bridgehead atoms. The molecule has 0 spiro atoms. The zero-order chi connectivity index (χ0) is 24.0. The lowest BCUT2D eigenvalue weighted by Crippen LogP contribution is -2.33. The molecule has 33 heavy (non-hydrogen) atoms. The highest BCUT2D eigenvalue weighted by atomic mass is 19.4. The van der Waals surface area contributed by atoms with Gasteiger partial charge in [0.2, 0.25) is 0 Å². The molecule has 1 aliphatic rings. The molecular formula is C23H22F4N4O2. The van der Waals surface area contributed by atoms with Crippen molar-refractivity contribution in [2.75, 3.05) is 0 Å². The van der Waals surface area contributed by atoms with Crippen molar-refractivity contribution >= 4 is 5.91 Å². The van der Waals surface area contributed by atoms with Gasteiger partial charge >= 0.3 is 6.18 Å². The van der Waals surface area contributed by atoms with E-state index in [1.165, 1.54) is 32.0 Å². The highest BCUT2D eigenvalue weighted by molar-refractivity contribution is 5.94. The van der Waals surface area contributed by atoms with Crippen LogP contribution in [-0.4, -0.2) is 25.8 Å². The summed E-state index contributed by atoms with van der Waals surface area (Å²) in [6.45, 7) is 3.55. The quantitative estimate of drug-likeness (QED) is 0.556. The molecule has 0 saturated carbocycles. The zero-order valence-electron chi connectivity index (χ0n) is 17.9. The molecule has 174 valence electrons. The van der Waals surface area contributed by atoms with Gasteiger partial charge in [-0.15, -0.1) is 0 Å². The maximum absolute atomic E-state index is 14.1. The molecule has 0 fully saturated rings. The van der Waals surface area contributed by atoms with Crippen molar-refractivity contribution in [1.82, 2.24) is 20.1 Å². The van der Waals surface area contributed by atoms with Crippen molar-refractivity contribution in [3.8, 4) is 11.3 Å². The Morgan fingerprint density at radius 1 is 1.18 bits per heavy atom. The Labute approximate surface area is 187 Å².